The normalized spacial score (nSPS) is 24.2. The van der Waals surface area contributed by atoms with Crippen LogP contribution in [0.2, 0.25) is 0 Å². The van der Waals surface area contributed by atoms with E-state index in [-0.39, 0.29) is 11.6 Å². The van der Waals surface area contributed by atoms with Gasteiger partial charge in [0.1, 0.15) is 12.7 Å². The van der Waals surface area contributed by atoms with Gasteiger partial charge in [-0.25, -0.2) is 14.5 Å². The smallest absolute Gasteiger partial charge is 0.407 e. The fourth-order valence-corrected chi connectivity index (χ4v) is 2.98. The van der Waals surface area contributed by atoms with E-state index in [0.717, 1.165) is 25.7 Å². The highest BCUT2D eigenvalue weighted by Gasteiger charge is 2.35. The Morgan fingerprint density at radius 3 is 2.37 bits per heavy atom. The Kier molecular flexibility index (Phi) is 3.78. The Labute approximate surface area is 113 Å². The van der Waals surface area contributed by atoms with Crippen molar-refractivity contribution in [3.05, 3.63) is 12.7 Å². The monoisotopic (exact) mass is 266 g/mol. The summed E-state index contributed by atoms with van der Waals surface area (Å²) in [5, 5.41) is 13.6. The number of nitrogens with zero attached hydrogens (tertiary/aromatic N) is 4. The fourth-order valence-electron chi connectivity index (χ4n) is 2.98. The third kappa shape index (κ3) is 3.05. The lowest BCUT2D eigenvalue weighted by atomic mass is 9.88. The van der Waals surface area contributed by atoms with Gasteiger partial charge in [-0.15, -0.1) is 0 Å². The standard InChI is InChI=1S/C13H22N4O2/c1-13(2,3)17(12(18)19)11-6-4-10(5-7-11)16-9-14-8-15-16/h8-11H,4-7H2,1-3H3,(H,18,19)/t10-,11+. The first-order valence-corrected chi connectivity index (χ1v) is 6.76. The van der Waals surface area contributed by atoms with Crippen LogP contribution in [0.15, 0.2) is 12.7 Å². The van der Waals surface area contributed by atoms with Gasteiger partial charge in [-0.05, 0) is 46.5 Å². The summed E-state index contributed by atoms with van der Waals surface area (Å²) in [4.78, 5) is 17.0. The van der Waals surface area contributed by atoms with Crippen molar-refractivity contribution >= 4 is 6.09 Å². The van der Waals surface area contributed by atoms with E-state index in [4.69, 9.17) is 0 Å². The van der Waals surface area contributed by atoms with Crippen molar-refractivity contribution in [3.63, 3.8) is 0 Å². The van der Waals surface area contributed by atoms with E-state index < -0.39 is 6.09 Å². The lowest BCUT2D eigenvalue weighted by molar-refractivity contribution is 0.0504. The zero-order valence-electron chi connectivity index (χ0n) is 11.8. The highest BCUT2D eigenvalue weighted by Crippen LogP contribution is 2.33. The molecule has 1 aliphatic rings. The minimum Gasteiger partial charge on any atom is -0.465 e. The van der Waals surface area contributed by atoms with Crippen LogP contribution >= 0.6 is 0 Å². The fraction of sp³-hybridized carbons (Fsp3) is 0.769. The molecular formula is C13H22N4O2. The summed E-state index contributed by atoms with van der Waals surface area (Å²) in [6, 6.07) is 0.464. The van der Waals surface area contributed by atoms with Crippen LogP contribution in [0.25, 0.3) is 0 Å². The van der Waals surface area contributed by atoms with E-state index in [1.807, 2.05) is 25.5 Å². The minimum atomic E-state index is -0.822. The van der Waals surface area contributed by atoms with Gasteiger partial charge in [-0.3, -0.25) is 0 Å². The Morgan fingerprint density at radius 1 is 1.32 bits per heavy atom. The van der Waals surface area contributed by atoms with Crippen molar-refractivity contribution in [2.24, 2.45) is 0 Å². The largest absolute Gasteiger partial charge is 0.465 e. The summed E-state index contributed by atoms with van der Waals surface area (Å²) < 4.78 is 1.89. The quantitative estimate of drug-likeness (QED) is 0.893. The maximum Gasteiger partial charge on any atom is 0.407 e. The highest BCUT2D eigenvalue weighted by atomic mass is 16.4. The van der Waals surface area contributed by atoms with Crippen LogP contribution in [-0.4, -0.2) is 42.4 Å². The maximum atomic E-state index is 11.5. The summed E-state index contributed by atoms with van der Waals surface area (Å²) in [5.74, 6) is 0. The van der Waals surface area contributed by atoms with Gasteiger partial charge in [0, 0.05) is 11.6 Å². The van der Waals surface area contributed by atoms with E-state index in [2.05, 4.69) is 10.1 Å². The molecule has 19 heavy (non-hydrogen) atoms. The van der Waals surface area contributed by atoms with Crippen LogP contribution in [-0.2, 0) is 0 Å². The molecule has 0 aromatic carbocycles. The minimum absolute atomic E-state index is 0.109. The number of carboxylic acid groups (broad SMARTS) is 1. The average Bonchev–Trinajstić information content (AvgIpc) is 2.81. The van der Waals surface area contributed by atoms with E-state index in [9.17, 15) is 9.90 Å². The number of amides is 1. The van der Waals surface area contributed by atoms with Gasteiger partial charge in [0.25, 0.3) is 0 Å². The van der Waals surface area contributed by atoms with Gasteiger partial charge in [-0.1, -0.05) is 0 Å². The molecule has 0 bridgehead atoms. The Bertz CT molecular complexity index is 416. The van der Waals surface area contributed by atoms with Gasteiger partial charge < -0.3 is 10.0 Å². The summed E-state index contributed by atoms with van der Waals surface area (Å²) in [6.45, 7) is 5.85. The molecule has 0 saturated heterocycles. The second-order valence-corrected chi connectivity index (χ2v) is 6.16. The van der Waals surface area contributed by atoms with Gasteiger partial charge in [0.05, 0.1) is 6.04 Å². The first-order chi connectivity index (χ1) is 8.89. The van der Waals surface area contributed by atoms with Crippen LogP contribution in [0.5, 0.6) is 0 Å². The van der Waals surface area contributed by atoms with Crippen LogP contribution in [0.1, 0.15) is 52.5 Å². The number of carbonyl (C=O) groups is 1. The molecule has 2 rings (SSSR count). The lowest BCUT2D eigenvalue weighted by Crippen LogP contribution is -2.52. The van der Waals surface area contributed by atoms with Crippen LogP contribution < -0.4 is 0 Å². The highest BCUT2D eigenvalue weighted by molar-refractivity contribution is 5.66. The molecule has 0 radical (unpaired) electrons. The van der Waals surface area contributed by atoms with Crippen LogP contribution in [0.4, 0.5) is 4.79 Å². The van der Waals surface area contributed by atoms with Crippen LogP contribution in [0, 0.1) is 0 Å². The van der Waals surface area contributed by atoms with Crippen molar-refractivity contribution in [2.75, 3.05) is 0 Å². The number of hydrogen-bond donors (Lipinski definition) is 1. The van der Waals surface area contributed by atoms with Crippen molar-refractivity contribution in [3.8, 4) is 0 Å². The van der Waals surface area contributed by atoms with Gasteiger partial charge in [-0.2, -0.15) is 5.10 Å². The Morgan fingerprint density at radius 2 is 1.95 bits per heavy atom. The summed E-state index contributed by atoms with van der Waals surface area (Å²) in [5.41, 5.74) is -0.351. The molecule has 1 aromatic rings. The van der Waals surface area contributed by atoms with Crippen molar-refractivity contribution in [1.29, 1.82) is 0 Å². The van der Waals surface area contributed by atoms with Gasteiger partial charge in [0.2, 0.25) is 0 Å². The van der Waals surface area contributed by atoms with Crippen LogP contribution in [0.3, 0.4) is 0 Å². The molecule has 106 valence electrons. The van der Waals surface area contributed by atoms with E-state index >= 15 is 0 Å². The predicted octanol–water partition coefficient (Wildman–Crippen LogP) is 2.54. The molecule has 1 amide bonds. The summed E-state index contributed by atoms with van der Waals surface area (Å²) >= 11 is 0. The zero-order chi connectivity index (χ0) is 14.0. The zero-order valence-corrected chi connectivity index (χ0v) is 11.8. The topological polar surface area (TPSA) is 71.2 Å². The molecule has 0 spiro atoms. The molecule has 1 aromatic heterocycles. The second-order valence-electron chi connectivity index (χ2n) is 6.16. The number of hydrogen-bond acceptors (Lipinski definition) is 3. The predicted molar refractivity (Wildman–Crippen MR) is 70.9 cm³/mol. The third-order valence-corrected chi connectivity index (χ3v) is 3.77. The molecule has 1 N–H and O–H groups in total. The number of aromatic nitrogens is 3. The summed E-state index contributed by atoms with van der Waals surface area (Å²) in [7, 11) is 0. The molecule has 6 heteroatoms. The molecule has 1 fully saturated rings. The molecule has 1 saturated carbocycles. The van der Waals surface area contributed by atoms with Crippen molar-refractivity contribution < 1.29 is 9.90 Å². The molecule has 0 unspecified atom stereocenters. The molecule has 0 atom stereocenters. The lowest BCUT2D eigenvalue weighted by Gasteiger charge is -2.42. The van der Waals surface area contributed by atoms with Crippen molar-refractivity contribution in [2.45, 2.75) is 64.1 Å². The molecular weight excluding hydrogens is 244 g/mol. The first kappa shape index (κ1) is 13.8. The molecule has 1 aliphatic carbocycles. The Balaban J connectivity index is 2.00. The number of rotatable bonds is 2. The third-order valence-electron chi connectivity index (χ3n) is 3.77. The SMILES string of the molecule is CC(C)(C)N(C(=O)O)[C@H]1CC[C@@H](n2cncn2)CC1. The van der Waals surface area contributed by atoms with E-state index in [1.54, 1.807) is 17.6 Å². The van der Waals surface area contributed by atoms with Gasteiger partial charge in [0.15, 0.2) is 0 Å². The van der Waals surface area contributed by atoms with Gasteiger partial charge >= 0.3 is 6.09 Å². The second kappa shape index (κ2) is 5.19. The molecule has 6 nitrogen and oxygen atoms in total. The maximum absolute atomic E-state index is 11.5. The molecule has 0 aliphatic heterocycles. The van der Waals surface area contributed by atoms with E-state index in [0.29, 0.717) is 6.04 Å². The first-order valence-electron chi connectivity index (χ1n) is 6.76. The summed E-state index contributed by atoms with van der Waals surface area (Å²) in [6.07, 6.45) is 6.13. The Hall–Kier alpha value is -1.59. The van der Waals surface area contributed by atoms with E-state index in [1.165, 1.54) is 0 Å². The average molecular weight is 266 g/mol. The van der Waals surface area contributed by atoms with Crippen molar-refractivity contribution in [1.82, 2.24) is 19.7 Å². The molecule has 1 heterocycles.